The Labute approximate surface area is 89.7 Å². The maximum absolute atomic E-state index is 10.5. The molecule has 0 unspecified atom stereocenters. The summed E-state index contributed by atoms with van der Waals surface area (Å²) in [5.74, 6) is 0. The first-order chi connectivity index (χ1) is 6.99. The van der Waals surface area contributed by atoms with Crippen molar-refractivity contribution in [3.05, 3.63) is 36.4 Å². The highest BCUT2D eigenvalue weighted by atomic mass is 16.2. The summed E-state index contributed by atoms with van der Waals surface area (Å²) in [5, 5.41) is 10.5. The summed E-state index contributed by atoms with van der Waals surface area (Å²) >= 11 is 0. The van der Waals surface area contributed by atoms with Crippen molar-refractivity contribution in [2.75, 3.05) is 0 Å². The van der Waals surface area contributed by atoms with Crippen molar-refractivity contribution in [1.29, 1.82) is 0 Å². The predicted octanol–water partition coefficient (Wildman–Crippen LogP) is 0.629. The Morgan fingerprint density at radius 3 is 2.20 bits per heavy atom. The quantitative estimate of drug-likeness (QED) is 0.307. The van der Waals surface area contributed by atoms with E-state index in [2.05, 4.69) is 20.8 Å². The van der Waals surface area contributed by atoms with Gasteiger partial charge in [0.25, 0.3) is 0 Å². The molecule has 0 aliphatic rings. The molecule has 0 saturated heterocycles. The van der Waals surface area contributed by atoms with Crippen LogP contribution < -0.4 is 9.67 Å². The zero-order valence-corrected chi connectivity index (χ0v) is 9.23. The summed E-state index contributed by atoms with van der Waals surface area (Å²) in [6.07, 6.45) is 4.53. The maximum Gasteiger partial charge on any atom is 0.235 e. The van der Waals surface area contributed by atoms with Crippen molar-refractivity contribution < 1.29 is 14.5 Å². The Kier molecular flexibility index (Phi) is 3.24. The Bertz CT molecular complexity index is 372. The van der Waals surface area contributed by atoms with Gasteiger partial charge in [0.05, 0.1) is 0 Å². The van der Waals surface area contributed by atoms with Crippen LogP contribution in [0.2, 0.25) is 0 Å². The zero-order chi connectivity index (χ0) is 11.5. The second-order valence-corrected chi connectivity index (χ2v) is 4.40. The number of carbonyl (C=O) groups excluding carboxylic acids is 1. The number of carbonyl (C=O) groups is 1. The second kappa shape index (κ2) is 4.26. The molecule has 0 aliphatic carbocycles. The number of hydrogen-bond donors (Lipinski definition) is 0. The van der Waals surface area contributed by atoms with Crippen molar-refractivity contribution in [2.24, 2.45) is 0 Å². The normalized spacial score (nSPS) is 12.6. The first-order valence-electron chi connectivity index (χ1n) is 4.78. The van der Waals surface area contributed by atoms with Crippen molar-refractivity contribution in [1.82, 2.24) is 0 Å². The van der Waals surface area contributed by atoms with Crippen LogP contribution in [0, 0.1) is 0 Å². The van der Waals surface area contributed by atoms with Crippen LogP contribution in [0.5, 0.6) is 0 Å². The zero-order valence-electron chi connectivity index (χ0n) is 9.23. The molecule has 1 aromatic rings. The molecule has 15 heavy (non-hydrogen) atoms. The summed E-state index contributed by atoms with van der Waals surface area (Å²) in [6.45, 7) is 6.32. The molecule has 1 rings (SSSR count). The molecule has 0 spiro atoms. The van der Waals surface area contributed by atoms with Gasteiger partial charge >= 0.3 is 0 Å². The van der Waals surface area contributed by atoms with Gasteiger partial charge in [-0.2, -0.15) is 4.57 Å². The predicted molar refractivity (Wildman–Crippen MR) is 55.7 cm³/mol. The Morgan fingerprint density at radius 1 is 1.33 bits per heavy atom. The van der Waals surface area contributed by atoms with Gasteiger partial charge in [-0.05, 0) is 11.0 Å². The minimum atomic E-state index is 0.0710. The lowest BCUT2D eigenvalue weighted by molar-refractivity contribution is -0.580. The average Bonchev–Trinajstić information content (AvgIpc) is 2.19. The fourth-order valence-corrected chi connectivity index (χ4v) is 1.25. The van der Waals surface area contributed by atoms with E-state index in [1.165, 1.54) is 4.57 Å². The van der Waals surface area contributed by atoms with Crippen LogP contribution >= 0.6 is 0 Å². The number of hydrogen-bond acceptors (Lipinski definition) is 2. The Balaban J connectivity index is 3.05. The monoisotopic (exact) mass is 205 g/mol. The minimum absolute atomic E-state index is 0.0710. The second-order valence-electron chi connectivity index (χ2n) is 4.40. The summed E-state index contributed by atoms with van der Waals surface area (Å²) in [5.41, 5.74) is 1.34. The van der Waals surface area contributed by atoms with Crippen LogP contribution in [0.15, 0.2) is 30.8 Å². The number of aldehydes is 1. The number of allylic oxidation sites excluding steroid dienone is 1. The largest absolute Gasteiger partial charge is 0.873 e. The van der Waals surface area contributed by atoms with Gasteiger partial charge in [-0.25, -0.2) is 0 Å². The molecule has 0 saturated carbocycles. The molecule has 1 heterocycles. The van der Waals surface area contributed by atoms with Crippen LogP contribution in [-0.4, -0.2) is 6.29 Å². The fraction of sp³-hybridized carbons (Fsp3) is 0.333. The van der Waals surface area contributed by atoms with Crippen molar-refractivity contribution in [3.8, 4) is 0 Å². The third-order valence-corrected chi connectivity index (χ3v) is 2.24. The molecule has 0 bridgehead atoms. The molecular weight excluding hydrogens is 190 g/mol. The summed E-state index contributed by atoms with van der Waals surface area (Å²) in [4.78, 5) is 10.5. The lowest BCUT2D eigenvalue weighted by Crippen LogP contribution is -2.33. The molecule has 0 amide bonds. The molecule has 80 valence electrons. The van der Waals surface area contributed by atoms with Crippen LogP contribution in [0.1, 0.15) is 26.3 Å². The van der Waals surface area contributed by atoms with Crippen molar-refractivity contribution >= 4 is 12.0 Å². The highest BCUT2D eigenvalue weighted by Gasteiger charge is 2.15. The molecule has 1 aromatic heterocycles. The van der Waals surface area contributed by atoms with E-state index in [0.29, 0.717) is 12.5 Å². The number of pyridine rings is 1. The van der Waals surface area contributed by atoms with Gasteiger partial charge in [-0.1, -0.05) is 27.0 Å². The van der Waals surface area contributed by atoms with Gasteiger partial charge in [0.2, 0.25) is 12.0 Å². The van der Waals surface area contributed by atoms with Gasteiger partial charge in [0, 0.05) is 12.1 Å². The van der Waals surface area contributed by atoms with Crippen LogP contribution in [0.25, 0.3) is 5.70 Å². The SMILES string of the molecule is CC(C)(C)c1cc[n+](/C(C=O)=C/[O-])cc1. The molecule has 3 nitrogen and oxygen atoms in total. The average molecular weight is 205 g/mol. The van der Waals surface area contributed by atoms with E-state index in [1.54, 1.807) is 12.4 Å². The van der Waals surface area contributed by atoms with Crippen LogP contribution in [0.3, 0.4) is 0 Å². The van der Waals surface area contributed by atoms with Gasteiger partial charge < -0.3 is 5.11 Å². The molecule has 0 fully saturated rings. The van der Waals surface area contributed by atoms with E-state index in [-0.39, 0.29) is 11.1 Å². The lowest BCUT2D eigenvalue weighted by Gasteiger charge is -2.17. The third kappa shape index (κ3) is 2.65. The Hall–Kier alpha value is -1.64. The van der Waals surface area contributed by atoms with E-state index in [4.69, 9.17) is 0 Å². The van der Waals surface area contributed by atoms with Gasteiger partial charge in [0.1, 0.15) is 0 Å². The van der Waals surface area contributed by atoms with Crippen molar-refractivity contribution in [2.45, 2.75) is 26.2 Å². The van der Waals surface area contributed by atoms with Crippen LogP contribution in [-0.2, 0) is 10.2 Å². The number of aromatic nitrogens is 1. The Morgan fingerprint density at radius 2 is 1.87 bits per heavy atom. The van der Waals surface area contributed by atoms with Crippen molar-refractivity contribution in [3.63, 3.8) is 0 Å². The summed E-state index contributed by atoms with van der Waals surface area (Å²) < 4.78 is 1.51. The highest BCUT2D eigenvalue weighted by Crippen LogP contribution is 2.20. The molecule has 0 aromatic carbocycles. The van der Waals surface area contributed by atoms with E-state index in [0.717, 1.165) is 5.56 Å². The van der Waals surface area contributed by atoms with E-state index < -0.39 is 0 Å². The molecule has 0 radical (unpaired) electrons. The van der Waals surface area contributed by atoms with Gasteiger partial charge in [0.15, 0.2) is 12.4 Å². The standard InChI is InChI=1S/C12H15NO2/c1-12(2,3)10-4-6-13(7-5-10)11(8-14)9-15/h4-9H,1-3H3. The summed E-state index contributed by atoms with van der Waals surface area (Å²) in [7, 11) is 0. The lowest BCUT2D eigenvalue weighted by atomic mass is 9.88. The minimum Gasteiger partial charge on any atom is -0.873 e. The molecule has 3 heteroatoms. The van der Waals surface area contributed by atoms with Crippen LogP contribution in [0.4, 0.5) is 0 Å². The molecule has 0 aliphatic heterocycles. The number of nitrogens with zero attached hydrogens (tertiary/aromatic N) is 1. The smallest absolute Gasteiger partial charge is 0.235 e. The molecular formula is C12H15NO2. The maximum atomic E-state index is 10.5. The molecule has 0 N–H and O–H groups in total. The summed E-state index contributed by atoms with van der Waals surface area (Å²) in [6, 6.07) is 3.82. The van der Waals surface area contributed by atoms with Gasteiger partial charge in [-0.15, -0.1) is 0 Å². The van der Waals surface area contributed by atoms with E-state index in [9.17, 15) is 9.90 Å². The highest BCUT2D eigenvalue weighted by molar-refractivity contribution is 5.92. The first kappa shape index (κ1) is 11.4. The van der Waals surface area contributed by atoms with E-state index >= 15 is 0 Å². The molecule has 0 atom stereocenters. The number of rotatable bonds is 2. The fourth-order valence-electron chi connectivity index (χ4n) is 1.25. The third-order valence-electron chi connectivity index (χ3n) is 2.24. The first-order valence-corrected chi connectivity index (χ1v) is 4.78. The van der Waals surface area contributed by atoms with Gasteiger partial charge in [-0.3, -0.25) is 4.79 Å². The topological polar surface area (TPSA) is 44.0 Å². The van der Waals surface area contributed by atoms with E-state index in [1.807, 2.05) is 12.1 Å².